The molecule has 0 saturated heterocycles. The van der Waals surface area contributed by atoms with Crippen LogP contribution < -0.4 is 0 Å². The van der Waals surface area contributed by atoms with Gasteiger partial charge in [0.15, 0.2) is 0 Å². The van der Waals surface area contributed by atoms with Gasteiger partial charge in [0.2, 0.25) is 0 Å². The summed E-state index contributed by atoms with van der Waals surface area (Å²) < 4.78 is 5.69. The average Bonchev–Trinajstić information content (AvgIpc) is 2.55. The molecule has 0 aliphatic heterocycles. The predicted molar refractivity (Wildman–Crippen MR) is 93.4 cm³/mol. The highest BCUT2D eigenvalue weighted by molar-refractivity contribution is 5.37. The summed E-state index contributed by atoms with van der Waals surface area (Å²) in [6.45, 7) is 2.90. The Kier molecular flexibility index (Phi) is 13.3. The lowest BCUT2D eigenvalue weighted by molar-refractivity contribution is -0.00714. The Morgan fingerprint density at radius 3 is 1.62 bits per heavy atom. The zero-order valence-electron chi connectivity index (χ0n) is 14.4. The second-order valence-electron chi connectivity index (χ2n) is 5.31. The van der Waals surface area contributed by atoms with Gasteiger partial charge in [-0.2, -0.15) is 0 Å². The van der Waals surface area contributed by atoms with Crippen LogP contribution in [0.2, 0.25) is 0 Å². The van der Waals surface area contributed by atoms with Gasteiger partial charge in [0.05, 0.1) is 45.2 Å². The molecular weight excluding hydrogens is 312 g/mol. The van der Waals surface area contributed by atoms with Gasteiger partial charge >= 0.3 is 0 Å². The van der Waals surface area contributed by atoms with E-state index in [9.17, 15) is 15.3 Å². The zero-order chi connectivity index (χ0) is 18.4. The average molecular weight is 342 g/mol. The van der Waals surface area contributed by atoms with Gasteiger partial charge in [-0.05, 0) is 25.0 Å². The first-order valence-corrected chi connectivity index (χ1v) is 7.98. The van der Waals surface area contributed by atoms with Crippen LogP contribution in [0.5, 0.6) is 0 Å². The molecule has 0 aromatic carbocycles. The van der Waals surface area contributed by atoms with Crippen molar-refractivity contribution < 1.29 is 30.3 Å². The standard InChI is InChI=1S/C18H30O6/c1-14(23)13-24-15(2)18(16(7-11-21)5-3-9-19)17(8-12-22)6-4-10-20/h3-8,14-15,18-23H,9-13H2,1-2H3. The van der Waals surface area contributed by atoms with Gasteiger partial charge in [0.25, 0.3) is 0 Å². The topological polar surface area (TPSA) is 110 Å². The third-order valence-electron chi connectivity index (χ3n) is 3.27. The molecule has 0 amide bonds. The lowest BCUT2D eigenvalue weighted by Crippen LogP contribution is -2.27. The van der Waals surface area contributed by atoms with E-state index in [0.717, 1.165) is 0 Å². The van der Waals surface area contributed by atoms with Crippen molar-refractivity contribution in [3.8, 4) is 0 Å². The normalized spacial score (nSPS) is 17.6. The largest absolute Gasteiger partial charge is 0.392 e. The highest BCUT2D eigenvalue weighted by atomic mass is 16.5. The molecule has 0 heterocycles. The molecule has 0 fully saturated rings. The lowest BCUT2D eigenvalue weighted by Gasteiger charge is -2.27. The van der Waals surface area contributed by atoms with Crippen LogP contribution >= 0.6 is 0 Å². The molecule has 0 spiro atoms. The lowest BCUT2D eigenvalue weighted by atomic mass is 9.85. The van der Waals surface area contributed by atoms with Gasteiger partial charge in [0, 0.05) is 5.92 Å². The van der Waals surface area contributed by atoms with E-state index >= 15 is 0 Å². The van der Waals surface area contributed by atoms with Gasteiger partial charge < -0.3 is 30.3 Å². The molecule has 0 aliphatic rings. The summed E-state index contributed by atoms with van der Waals surface area (Å²) in [7, 11) is 0. The minimum Gasteiger partial charge on any atom is -0.392 e. The fourth-order valence-electron chi connectivity index (χ4n) is 2.31. The van der Waals surface area contributed by atoms with E-state index in [1.54, 1.807) is 43.4 Å². The molecule has 2 atom stereocenters. The van der Waals surface area contributed by atoms with Crippen molar-refractivity contribution in [3.63, 3.8) is 0 Å². The predicted octanol–water partition coefficient (Wildman–Crippen LogP) is 0.323. The summed E-state index contributed by atoms with van der Waals surface area (Å²) in [6, 6.07) is 0. The van der Waals surface area contributed by atoms with Crippen LogP contribution in [0.1, 0.15) is 13.8 Å². The highest BCUT2D eigenvalue weighted by Gasteiger charge is 2.24. The van der Waals surface area contributed by atoms with Crippen LogP contribution in [-0.4, -0.2) is 70.8 Å². The minimum atomic E-state index is -0.621. The Balaban J connectivity index is 5.75. The van der Waals surface area contributed by atoms with Crippen molar-refractivity contribution in [3.05, 3.63) is 47.6 Å². The van der Waals surface area contributed by atoms with Crippen molar-refractivity contribution in [2.24, 2.45) is 5.92 Å². The Hall–Kier alpha value is -1.28. The van der Waals surface area contributed by atoms with Crippen LogP contribution in [-0.2, 0) is 4.74 Å². The van der Waals surface area contributed by atoms with E-state index in [1.807, 2.05) is 6.92 Å². The Labute approximate surface area is 143 Å². The number of ether oxygens (including phenoxy) is 1. The summed E-state index contributed by atoms with van der Waals surface area (Å²) in [5.74, 6) is -0.353. The van der Waals surface area contributed by atoms with Crippen molar-refractivity contribution in [2.75, 3.05) is 33.0 Å². The van der Waals surface area contributed by atoms with E-state index in [2.05, 4.69) is 0 Å². The summed E-state index contributed by atoms with van der Waals surface area (Å²) in [6.07, 6.45) is 8.65. The Bertz CT molecular complexity index is 405. The molecule has 0 rings (SSSR count). The van der Waals surface area contributed by atoms with E-state index in [-0.39, 0.29) is 45.1 Å². The van der Waals surface area contributed by atoms with Crippen molar-refractivity contribution in [2.45, 2.75) is 26.1 Å². The number of rotatable bonds is 12. The summed E-state index contributed by atoms with van der Waals surface area (Å²) in [5.41, 5.74) is 1.40. The molecule has 0 bridgehead atoms. The number of allylic oxidation sites excluding steroid dienone is 2. The maximum atomic E-state index is 9.42. The van der Waals surface area contributed by atoms with E-state index < -0.39 is 6.10 Å². The molecule has 5 N–H and O–H groups in total. The third kappa shape index (κ3) is 9.12. The fraction of sp³-hybridized carbons (Fsp3) is 0.556. The molecule has 0 aromatic heterocycles. The van der Waals surface area contributed by atoms with Crippen LogP contribution in [0.4, 0.5) is 0 Å². The molecule has 0 aliphatic carbocycles. The van der Waals surface area contributed by atoms with Crippen molar-refractivity contribution in [1.82, 2.24) is 0 Å². The smallest absolute Gasteiger partial charge is 0.0745 e. The van der Waals surface area contributed by atoms with Gasteiger partial charge in [0.1, 0.15) is 0 Å². The first-order chi connectivity index (χ1) is 11.5. The quantitative estimate of drug-likeness (QED) is 0.327. The number of hydrogen-bond acceptors (Lipinski definition) is 6. The highest BCUT2D eigenvalue weighted by Crippen LogP contribution is 2.28. The first kappa shape index (κ1) is 22.7. The monoisotopic (exact) mass is 342 g/mol. The molecule has 0 radical (unpaired) electrons. The van der Waals surface area contributed by atoms with Gasteiger partial charge in [-0.1, -0.05) is 36.5 Å². The molecule has 6 nitrogen and oxygen atoms in total. The zero-order valence-corrected chi connectivity index (χ0v) is 14.4. The molecule has 0 saturated carbocycles. The maximum Gasteiger partial charge on any atom is 0.0745 e. The van der Waals surface area contributed by atoms with Gasteiger partial charge in [-0.25, -0.2) is 0 Å². The maximum absolute atomic E-state index is 9.42. The van der Waals surface area contributed by atoms with Crippen molar-refractivity contribution in [1.29, 1.82) is 0 Å². The van der Waals surface area contributed by atoms with Crippen molar-refractivity contribution >= 4 is 0 Å². The number of aliphatic hydroxyl groups excluding tert-OH is 5. The molecule has 2 unspecified atom stereocenters. The minimum absolute atomic E-state index is 0.143. The molecular formula is C18H30O6. The van der Waals surface area contributed by atoms with Gasteiger partial charge in [-0.3, -0.25) is 0 Å². The van der Waals surface area contributed by atoms with Gasteiger partial charge in [-0.15, -0.1) is 0 Å². The molecule has 6 heteroatoms. The van der Waals surface area contributed by atoms with E-state index in [1.165, 1.54) is 0 Å². The SMILES string of the molecule is CC(O)COC(C)C(C(C=CCO)=CCO)C(C=CCO)=CCO. The molecule has 24 heavy (non-hydrogen) atoms. The Morgan fingerprint density at radius 1 is 0.833 bits per heavy atom. The summed E-state index contributed by atoms with van der Waals surface area (Å²) in [4.78, 5) is 0. The number of hydrogen-bond donors (Lipinski definition) is 5. The van der Waals surface area contributed by atoms with Crippen LogP contribution in [0.25, 0.3) is 0 Å². The number of aliphatic hydroxyl groups is 5. The van der Waals surface area contributed by atoms with Crippen LogP contribution in [0, 0.1) is 5.92 Å². The second-order valence-corrected chi connectivity index (χ2v) is 5.31. The second kappa shape index (κ2) is 14.1. The van der Waals surface area contributed by atoms with Crippen LogP contribution in [0.3, 0.4) is 0 Å². The van der Waals surface area contributed by atoms with Crippen LogP contribution in [0.15, 0.2) is 47.6 Å². The summed E-state index contributed by atoms with van der Waals surface area (Å²) in [5, 5.41) is 46.0. The summed E-state index contributed by atoms with van der Waals surface area (Å²) >= 11 is 0. The molecule has 138 valence electrons. The fourth-order valence-corrected chi connectivity index (χ4v) is 2.31. The first-order valence-electron chi connectivity index (χ1n) is 7.98. The Morgan fingerprint density at radius 2 is 1.29 bits per heavy atom. The molecule has 0 aromatic rings. The van der Waals surface area contributed by atoms with E-state index in [0.29, 0.717) is 11.1 Å². The third-order valence-corrected chi connectivity index (χ3v) is 3.27. The van der Waals surface area contributed by atoms with E-state index in [4.69, 9.17) is 14.9 Å².